The van der Waals surface area contributed by atoms with E-state index >= 15 is 0 Å². The highest BCUT2D eigenvalue weighted by molar-refractivity contribution is 7.93. The van der Waals surface area contributed by atoms with Gasteiger partial charge in [-0.1, -0.05) is 24.3 Å². The maximum atomic E-state index is 12.1. The van der Waals surface area contributed by atoms with Gasteiger partial charge in [0, 0.05) is 6.54 Å². The second-order valence-electron chi connectivity index (χ2n) is 6.13. The van der Waals surface area contributed by atoms with Gasteiger partial charge >= 0.3 is 0 Å². The molecule has 23 heavy (non-hydrogen) atoms. The molecule has 0 saturated heterocycles. The van der Waals surface area contributed by atoms with E-state index in [-0.39, 0.29) is 12.6 Å². The Kier molecular flexibility index (Phi) is 7.22. The molecule has 0 fully saturated rings. The van der Waals surface area contributed by atoms with Crippen LogP contribution < -0.4 is 5.32 Å². The van der Waals surface area contributed by atoms with Gasteiger partial charge in [0.25, 0.3) is 0 Å². The van der Waals surface area contributed by atoms with Gasteiger partial charge in [-0.15, -0.1) is 0 Å². The first kappa shape index (κ1) is 19.6. The Bertz CT molecular complexity index is 623. The molecule has 0 aliphatic heterocycles. The van der Waals surface area contributed by atoms with Gasteiger partial charge in [0.05, 0.1) is 18.0 Å². The van der Waals surface area contributed by atoms with Gasteiger partial charge in [-0.2, -0.15) is 0 Å². The van der Waals surface area contributed by atoms with E-state index in [0.717, 1.165) is 11.1 Å². The zero-order valence-corrected chi connectivity index (χ0v) is 15.3. The summed E-state index contributed by atoms with van der Waals surface area (Å²) in [5.41, 5.74) is 1.91. The smallest absolute Gasteiger partial charge is 0.238 e. The van der Waals surface area contributed by atoms with E-state index in [1.807, 2.05) is 38.1 Å². The van der Waals surface area contributed by atoms with Crippen molar-refractivity contribution in [3.05, 3.63) is 35.4 Å². The summed E-state index contributed by atoms with van der Waals surface area (Å²) in [5.74, 6) is -0.474. The third-order valence-electron chi connectivity index (χ3n) is 3.66. The molecule has 0 heterocycles. The number of hydrogen-bond acceptors (Lipinski definition) is 4. The van der Waals surface area contributed by atoms with Crippen LogP contribution in [0.1, 0.15) is 45.7 Å². The predicted molar refractivity (Wildman–Crippen MR) is 91.7 cm³/mol. The molecule has 0 aromatic heterocycles. The lowest BCUT2D eigenvalue weighted by Crippen LogP contribution is -2.40. The summed E-state index contributed by atoms with van der Waals surface area (Å²) in [6.07, 6.45) is 0.119. The molecule has 1 aromatic rings. The number of amides is 1. The van der Waals surface area contributed by atoms with Gasteiger partial charge in [-0.05, 0) is 45.7 Å². The molecule has 1 N–H and O–H groups in total. The van der Waals surface area contributed by atoms with E-state index in [1.54, 1.807) is 13.8 Å². The van der Waals surface area contributed by atoms with E-state index in [4.69, 9.17) is 4.74 Å². The Hall–Kier alpha value is -1.40. The fraction of sp³-hybridized carbons (Fsp3) is 0.588. The summed E-state index contributed by atoms with van der Waals surface area (Å²) in [6, 6.07) is 7.64. The van der Waals surface area contributed by atoms with Gasteiger partial charge < -0.3 is 10.1 Å². The zero-order valence-electron chi connectivity index (χ0n) is 14.5. The maximum Gasteiger partial charge on any atom is 0.238 e. The molecule has 5 nitrogen and oxygen atoms in total. The molecule has 0 saturated carbocycles. The Morgan fingerprint density at radius 1 is 1.09 bits per heavy atom. The Balaban J connectivity index is 2.73. The first-order valence-electron chi connectivity index (χ1n) is 7.85. The van der Waals surface area contributed by atoms with Crippen molar-refractivity contribution >= 4 is 15.7 Å². The first-order valence-corrected chi connectivity index (χ1v) is 9.46. The molecule has 1 amide bonds. The number of carbonyl (C=O) groups is 1. The molecule has 0 aliphatic carbocycles. The Labute approximate surface area is 139 Å². The molecule has 1 aromatic carbocycles. The topological polar surface area (TPSA) is 72.5 Å². The standard InChI is InChI=1S/C17H27NO4S/c1-12(2)22-11-16-9-7-6-8-15(16)10-18-17(19)14(5)23(20,21)13(3)4/h6-9,12-14H,10-11H2,1-5H3,(H,18,19)/t14-/m0/s1. The van der Waals surface area contributed by atoms with Gasteiger partial charge in [0.1, 0.15) is 5.25 Å². The van der Waals surface area contributed by atoms with Crippen LogP contribution in [0.3, 0.4) is 0 Å². The van der Waals surface area contributed by atoms with Crippen LogP contribution in [-0.2, 0) is 32.5 Å². The van der Waals surface area contributed by atoms with Crippen LogP contribution in [0.4, 0.5) is 0 Å². The largest absolute Gasteiger partial charge is 0.374 e. The molecule has 0 unspecified atom stereocenters. The zero-order chi connectivity index (χ0) is 17.6. The van der Waals surface area contributed by atoms with E-state index in [9.17, 15) is 13.2 Å². The fourth-order valence-corrected chi connectivity index (χ4v) is 3.21. The highest BCUT2D eigenvalue weighted by atomic mass is 32.2. The van der Waals surface area contributed by atoms with Crippen LogP contribution >= 0.6 is 0 Å². The van der Waals surface area contributed by atoms with Gasteiger partial charge in [0.15, 0.2) is 9.84 Å². The van der Waals surface area contributed by atoms with Crippen molar-refractivity contribution in [1.29, 1.82) is 0 Å². The van der Waals surface area contributed by atoms with E-state index < -0.39 is 26.2 Å². The summed E-state index contributed by atoms with van der Waals surface area (Å²) in [5, 5.41) is 1.09. The predicted octanol–water partition coefficient (Wildman–Crippen LogP) is 2.44. The minimum absolute atomic E-state index is 0.119. The minimum Gasteiger partial charge on any atom is -0.374 e. The second kappa shape index (κ2) is 8.45. The Morgan fingerprint density at radius 2 is 1.65 bits per heavy atom. The molecular weight excluding hydrogens is 314 g/mol. The number of ether oxygens (including phenoxy) is 1. The number of carbonyl (C=O) groups excluding carboxylic acids is 1. The minimum atomic E-state index is -3.45. The highest BCUT2D eigenvalue weighted by Gasteiger charge is 2.30. The number of sulfone groups is 1. The molecule has 0 radical (unpaired) electrons. The van der Waals surface area contributed by atoms with Gasteiger partial charge in [0.2, 0.25) is 5.91 Å². The molecule has 1 atom stereocenters. The summed E-state index contributed by atoms with van der Waals surface area (Å²) >= 11 is 0. The number of nitrogens with one attached hydrogen (secondary N) is 1. The van der Waals surface area contributed by atoms with Gasteiger partial charge in [-0.25, -0.2) is 8.42 Å². The summed E-state index contributed by atoms with van der Waals surface area (Å²) < 4.78 is 29.7. The van der Waals surface area contributed by atoms with Crippen molar-refractivity contribution in [1.82, 2.24) is 5.32 Å². The summed E-state index contributed by atoms with van der Waals surface area (Å²) in [6.45, 7) is 9.26. The third kappa shape index (κ3) is 5.62. The lowest BCUT2D eigenvalue weighted by Gasteiger charge is -2.17. The highest BCUT2D eigenvalue weighted by Crippen LogP contribution is 2.13. The van der Waals surface area contributed by atoms with Crippen molar-refractivity contribution in [3.8, 4) is 0 Å². The molecule has 0 bridgehead atoms. The van der Waals surface area contributed by atoms with Crippen LogP contribution in [0.2, 0.25) is 0 Å². The lowest BCUT2D eigenvalue weighted by molar-refractivity contribution is -0.120. The van der Waals surface area contributed by atoms with Crippen LogP contribution in [-0.4, -0.2) is 30.9 Å². The Morgan fingerprint density at radius 3 is 2.17 bits per heavy atom. The number of benzene rings is 1. The average molecular weight is 341 g/mol. The van der Waals surface area contributed by atoms with Crippen LogP contribution in [0, 0.1) is 0 Å². The van der Waals surface area contributed by atoms with Crippen molar-refractivity contribution < 1.29 is 17.9 Å². The van der Waals surface area contributed by atoms with Crippen molar-refractivity contribution in [2.24, 2.45) is 0 Å². The van der Waals surface area contributed by atoms with E-state index in [0.29, 0.717) is 6.61 Å². The van der Waals surface area contributed by atoms with E-state index in [1.165, 1.54) is 6.92 Å². The second-order valence-corrected chi connectivity index (χ2v) is 8.95. The van der Waals surface area contributed by atoms with Crippen LogP contribution in [0.25, 0.3) is 0 Å². The van der Waals surface area contributed by atoms with Crippen molar-refractivity contribution in [3.63, 3.8) is 0 Å². The SMILES string of the molecule is CC(C)OCc1ccccc1CNC(=O)[C@H](C)S(=O)(=O)C(C)C. The summed E-state index contributed by atoms with van der Waals surface area (Å²) in [4.78, 5) is 12.1. The summed E-state index contributed by atoms with van der Waals surface area (Å²) in [7, 11) is -3.45. The first-order chi connectivity index (χ1) is 10.7. The molecule has 6 heteroatoms. The molecule has 0 aliphatic rings. The maximum absolute atomic E-state index is 12.1. The van der Waals surface area contributed by atoms with Crippen LogP contribution in [0.15, 0.2) is 24.3 Å². The molecule has 130 valence electrons. The molecular formula is C17H27NO4S. The fourth-order valence-electron chi connectivity index (χ4n) is 2.01. The number of rotatable bonds is 8. The normalized spacial score (nSPS) is 13.3. The molecule has 1 rings (SSSR count). The molecule has 0 spiro atoms. The third-order valence-corrected chi connectivity index (χ3v) is 6.18. The monoisotopic (exact) mass is 341 g/mol. The van der Waals surface area contributed by atoms with Crippen molar-refractivity contribution in [2.75, 3.05) is 0 Å². The van der Waals surface area contributed by atoms with Gasteiger partial charge in [-0.3, -0.25) is 4.79 Å². The quantitative estimate of drug-likeness (QED) is 0.788. The van der Waals surface area contributed by atoms with E-state index in [2.05, 4.69) is 5.32 Å². The lowest BCUT2D eigenvalue weighted by atomic mass is 10.1. The van der Waals surface area contributed by atoms with Crippen LogP contribution in [0.5, 0.6) is 0 Å². The van der Waals surface area contributed by atoms with Crippen molar-refractivity contribution in [2.45, 2.75) is 64.4 Å². The average Bonchev–Trinajstić information content (AvgIpc) is 2.50. The number of hydrogen-bond donors (Lipinski definition) is 1.